The second-order valence-corrected chi connectivity index (χ2v) is 14.9. The van der Waals surface area contributed by atoms with Crippen LogP contribution >= 0.6 is 7.60 Å². The molecule has 0 aliphatic heterocycles. The summed E-state index contributed by atoms with van der Waals surface area (Å²) in [6, 6.07) is -6.73. The molecule has 0 bridgehead atoms. The fourth-order valence-corrected chi connectivity index (χ4v) is 5.36. The van der Waals surface area contributed by atoms with Gasteiger partial charge in [-0.1, -0.05) is 38.1 Å². The van der Waals surface area contributed by atoms with Crippen molar-refractivity contribution in [3.8, 4) is 0 Å². The average molecular weight is 838 g/mol. The van der Waals surface area contributed by atoms with E-state index in [0.29, 0.717) is 12.1 Å². The van der Waals surface area contributed by atoms with Gasteiger partial charge in [0, 0.05) is 18.4 Å². The predicted molar refractivity (Wildman–Crippen MR) is 189 cm³/mol. The van der Waals surface area contributed by atoms with E-state index in [2.05, 4.69) is 21.3 Å². The monoisotopic (exact) mass is 837 g/mol. The molecule has 0 aliphatic rings. The second-order valence-electron chi connectivity index (χ2n) is 13.2. The number of aliphatic carboxylic acids is 3. The average Bonchev–Trinajstić information content (AvgIpc) is 3.07. The Labute approximate surface area is 323 Å². The van der Waals surface area contributed by atoms with Gasteiger partial charge in [0.25, 0.3) is 0 Å². The van der Waals surface area contributed by atoms with Crippen LogP contribution in [0, 0.1) is 5.92 Å². The zero-order chi connectivity index (χ0) is 44.0. The van der Waals surface area contributed by atoms with Gasteiger partial charge in [-0.25, -0.2) is 0 Å². The quantitative estimate of drug-likeness (QED) is 0.0482. The molecule has 0 unspecified atom stereocenters. The maximum atomic E-state index is 14.3. The highest BCUT2D eigenvalue weighted by molar-refractivity contribution is 7.52. The highest BCUT2D eigenvalue weighted by Crippen LogP contribution is 2.59. The van der Waals surface area contributed by atoms with Gasteiger partial charge in [0.1, 0.15) is 30.2 Å². The topological polar surface area (TPSA) is 384 Å². The van der Waals surface area contributed by atoms with Crippen molar-refractivity contribution < 1.29 is 81.6 Å². The Kier molecular flexibility index (Phi) is 18.8. The Morgan fingerprint density at radius 2 is 1.16 bits per heavy atom. The number of amides is 6. The Balaban J connectivity index is 3.47. The van der Waals surface area contributed by atoms with Gasteiger partial charge in [0.15, 0.2) is 0 Å². The van der Waals surface area contributed by atoms with E-state index in [1.54, 1.807) is 13.8 Å². The first-order chi connectivity index (χ1) is 26.2. The number of nitrogens with two attached hydrogens (primary N) is 2. The lowest BCUT2D eigenvalue weighted by molar-refractivity contribution is -0.141. The summed E-state index contributed by atoms with van der Waals surface area (Å²) in [4.78, 5) is 130. The van der Waals surface area contributed by atoms with Crippen LogP contribution in [0.1, 0.15) is 64.0 Å². The van der Waals surface area contributed by atoms with Gasteiger partial charge in [-0.05, 0) is 31.2 Å². The number of halogens is 2. The SMILES string of the molecule is CC(C)C[C@H](NC(=O)[C@H](Cc1ccc(C(F)(F)P(=O)(O)O)cc1)NC(=O)[C@H](CCC(=O)O)NC(=O)[C@H](CC(=O)O)NC(=O)[C@H](C)NC(=O)[C@@H](N)CC(=O)O)C(N)=O. The van der Waals surface area contributed by atoms with Crippen molar-refractivity contribution >= 4 is 60.9 Å². The molecule has 57 heavy (non-hydrogen) atoms. The number of hydrogen-bond donors (Lipinski definition) is 12. The summed E-state index contributed by atoms with van der Waals surface area (Å²) in [5.74, 6) is -11.6. The molecule has 0 spiro atoms. The minimum atomic E-state index is -5.95. The molecular formula is C32H46F2N7O15P. The number of benzene rings is 1. The number of rotatable bonds is 24. The summed E-state index contributed by atoms with van der Waals surface area (Å²) in [7, 11) is -5.95. The van der Waals surface area contributed by atoms with Gasteiger partial charge in [0.05, 0.1) is 18.9 Å². The van der Waals surface area contributed by atoms with Gasteiger partial charge < -0.3 is 63.2 Å². The summed E-state index contributed by atoms with van der Waals surface area (Å²) in [5.41, 5.74) is 5.22. The first kappa shape index (κ1) is 49.4. The van der Waals surface area contributed by atoms with Crippen LogP contribution in [0.4, 0.5) is 8.78 Å². The molecule has 0 aliphatic carbocycles. The summed E-state index contributed by atoms with van der Waals surface area (Å²) in [6.45, 7) is 4.48. The number of carboxylic acid groups (broad SMARTS) is 3. The lowest BCUT2D eigenvalue weighted by Crippen LogP contribution is -2.59. The molecular weight excluding hydrogens is 791 g/mol. The molecule has 1 aromatic carbocycles. The van der Waals surface area contributed by atoms with Crippen molar-refractivity contribution in [3.05, 3.63) is 35.4 Å². The van der Waals surface area contributed by atoms with Crippen molar-refractivity contribution in [1.82, 2.24) is 26.6 Å². The van der Waals surface area contributed by atoms with Crippen LogP contribution < -0.4 is 38.1 Å². The van der Waals surface area contributed by atoms with Crippen molar-refractivity contribution in [1.29, 1.82) is 0 Å². The Morgan fingerprint density at radius 3 is 1.63 bits per heavy atom. The summed E-state index contributed by atoms with van der Waals surface area (Å²) < 4.78 is 39.8. The molecule has 1 aromatic rings. The van der Waals surface area contributed by atoms with Gasteiger partial charge in [-0.15, -0.1) is 0 Å². The van der Waals surface area contributed by atoms with Crippen molar-refractivity contribution in [2.24, 2.45) is 17.4 Å². The molecule has 0 aromatic heterocycles. The van der Waals surface area contributed by atoms with E-state index in [1.165, 1.54) is 0 Å². The minimum absolute atomic E-state index is 0.0145. The second kappa shape index (κ2) is 21.6. The smallest absolute Gasteiger partial charge is 0.399 e. The van der Waals surface area contributed by atoms with Crippen LogP contribution in [-0.4, -0.2) is 115 Å². The zero-order valence-electron chi connectivity index (χ0n) is 30.8. The largest absolute Gasteiger partial charge is 0.481 e. The maximum Gasteiger partial charge on any atom is 0.399 e. The number of carbonyl (C=O) groups is 9. The van der Waals surface area contributed by atoms with E-state index in [1.807, 2.05) is 5.32 Å². The van der Waals surface area contributed by atoms with Crippen LogP contribution in [-0.2, 0) is 59.8 Å². The Hall–Kier alpha value is -5.58. The number of hydrogen-bond acceptors (Lipinski definition) is 11. The fourth-order valence-electron chi connectivity index (χ4n) is 4.87. The third-order valence-corrected chi connectivity index (χ3v) is 8.87. The molecule has 0 fully saturated rings. The lowest BCUT2D eigenvalue weighted by Gasteiger charge is -2.27. The molecule has 6 amide bonds. The van der Waals surface area contributed by atoms with Crippen LogP contribution in [0.3, 0.4) is 0 Å². The van der Waals surface area contributed by atoms with E-state index in [9.17, 15) is 66.7 Å². The molecule has 22 nitrogen and oxygen atoms in total. The van der Waals surface area contributed by atoms with Crippen LogP contribution in [0.5, 0.6) is 0 Å². The molecule has 25 heteroatoms. The van der Waals surface area contributed by atoms with E-state index in [-0.39, 0.29) is 17.9 Å². The molecule has 0 saturated carbocycles. The van der Waals surface area contributed by atoms with E-state index in [0.717, 1.165) is 19.1 Å². The van der Waals surface area contributed by atoms with Gasteiger partial charge in [0.2, 0.25) is 35.4 Å². The van der Waals surface area contributed by atoms with Gasteiger partial charge in [-0.2, -0.15) is 8.78 Å². The highest BCUT2D eigenvalue weighted by atomic mass is 31.2. The third-order valence-electron chi connectivity index (χ3n) is 7.88. The minimum Gasteiger partial charge on any atom is -0.481 e. The summed E-state index contributed by atoms with van der Waals surface area (Å²) >= 11 is 0. The van der Waals surface area contributed by atoms with Crippen LogP contribution in [0.15, 0.2) is 24.3 Å². The van der Waals surface area contributed by atoms with E-state index < -0.39 is 141 Å². The lowest BCUT2D eigenvalue weighted by atomic mass is 10.00. The molecule has 6 atom stereocenters. The van der Waals surface area contributed by atoms with Crippen molar-refractivity contribution in [3.63, 3.8) is 0 Å². The van der Waals surface area contributed by atoms with Gasteiger partial charge in [-0.3, -0.25) is 47.7 Å². The number of nitrogens with one attached hydrogen (secondary N) is 5. The zero-order valence-corrected chi connectivity index (χ0v) is 31.7. The summed E-state index contributed by atoms with van der Waals surface area (Å²) in [5, 5.41) is 38.4. The number of alkyl halides is 2. The normalized spacial score (nSPS) is 14.8. The van der Waals surface area contributed by atoms with E-state index >= 15 is 0 Å². The standard InChI is InChI=1S/C32H46F2N7O15P/c1-14(2)10-20(26(36)48)39-30(52)21(11-16-4-6-17(7-5-16)32(33,34)57(54,55)56)41-29(51)19(8-9-23(42)43)38-31(53)22(13-25(46)47)40-27(49)15(3)37-28(50)18(35)12-24(44)45/h4-7,14-15,18-22H,8-13,35H2,1-3H3,(H2,36,48)(H,37,50)(H,38,53)(H,39,52)(H,40,49)(H,41,51)(H,42,43)(H,44,45)(H,46,47)(H2,54,55,56)/t15-,18-,19-,20-,21-,22-/m0/s1. The molecule has 0 heterocycles. The highest BCUT2D eigenvalue weighted by Gasteiger charge is 2.50. The molecule has 0 saturated heterocycles. The van der Waals surface area contributed by atoms with E-state index in [4.69, 9.17) is 26.4 Å². The molecule has 0 radical (unpaired) electrons. The molecule has 318 valence electrons. The maximum absolute atomic E-state index is 14.3. The van der Waals surface area contributed by atoms with Crippen LogP contribution in [0.25, 0.3) is 0 Å². The summed E-state index contributed by atoms with van der Waals surface area (Å²) in [6.07, 6.45) is -3.93. The molecule has 14 N–H and O–H groups in total. The van der Waals surface area contributed by atoms with Crippen molar-refractivity contribution in [2.45, 2.75) is 101 Å². The van der Waals surface area contributed by atoms with Crippen molar-refractivity contribution in [2.75, 3.05) is 0 Å². The number of carbonyl (C=O) groups excluding carboxylic acids is 6. The van der Waals surface area contributed by atoms with Gasteiger partial charge >= 0.3 is 31.2 Å². The number of carboxylic acids is 3. The van der Waals surface area contributed by atoms with Crippen LogP contribution in [0.2, 0.25) is 0 Å². The third kappa shape index (κ3) is 16.6. The first-order valence-electron chi connectivity index (χ1n) is 16.9. The Bertz CT molecular complexity index is 1730. The number of primary amides is 1. The fraction of sp³-hybridized carbons (Fsp3) is 0.531. The Morgan fingerprint density at radius 1 is 0.684 bits per heavy atom. The predicted octanol–water partition coefficient (Wildman–Crippen LogP) is -2.43. The molecule has 1 rings (SSSR count). The first-order valence-corrected chi connectivity index (χ1v) is 18.5.